The molecule has 1 aromatic rings. The van der Waals surface area contributed by atoms with Gasteiger partial charge in [0.15, 0.2) is 0 Å². The Labute approximate surface area is 132 Å². The molecule has 1 aliphatic rings. The average molecular weight is 315 g/mol. The molecule has 0 bridgehead atoms. The Kier molecular flexibility index (Phi) is 7.24. The van der Waals surface area contributed by atoms with Crippen LogP contribution < -0.4 is 4.90 Å². The average Bonchev–Trinajstić information content (AvgIpc) is 2.93. The zero-order chi connectivity index (χ0) is 13.7. The van der Waals surface area contributed by atoms with E-state index in [-0.39, 0.29) is 12.4 Å². The Morgan fingerprint density at radius 2 is 2.00 bits per heavy atom. The molecule has 0 radical (unpaired) electrons. The van der Waals surface area contributed by atoms with Gasteiger partial charge in [-0.15, -0.1) is 24.2 Å². The minimum atomic E-state index is 0. The van der Waals surface area contributed by atoms with Gasteiger partial charge in [0.25, 0.3) is 0 Å². The number of halogens is 1. The van der Waals surface area contributed by atoms with E-state index in [0.29, 0.717) is 12.3 Å². The van der Waals surface area contributed by atoms with E-state index in [4.69, 9.17) is 0 Å². The molecular weight excluding hydrogens is 292 g/mol. The summed E-state index contributed by atoms with van der Waals surface area (Å²) in [7, 11) is 4.09. The van der Waals surface area contributed by atoms with Crippen molar-refractivity contribution in [3.8, 4) is 0 Å². The molecule has 0 unspecified atom stereocenters. The molecule has 20 heavy (non-hydrogen) atoms. The first-order valence-electron chi connectivity index (χ1n) is 6.78. The lowest BCUT2D eigenvalue weighted by Gasteiger charge is -2.14. The molecule has 5 heteroatoms. The van der Waals surface area contributed by atoms with E-state index in [9.17, 15) is 4.79 Å². The van der Waals surface area contributed by atoms with Crippen LogP contribution >= 0.6 is 24.2 Å². The maximum atomic E-state index is 11.9. The van der Waals surface area contributed by atoms with Crippen LogP contribution in [0.15, 0.2) is 24.3 Å². The maximum Gasteiger partial charge on any atom is 0.223 e. The molecule has 0 saturated carbocycles. The van der Waals surface area contributed by atoms with Gasteiger partial charge in [0.05, 0.1) is 5.88 Å². The van der Waals surface area contributed by atoms with E-state index < -0.39 is 0 Å². The van der Waals surface area contributed by atoms with Crippen molar-refractivity contribution in [3.05, 3.63) is 29.8 Å². The summed E-state index contributed by atoms with van der Waals surface area (Å²) >= 11 is 1.85. The van der Waals surface area contributed by atoms with Crippen LogP contribution in [0.4, 0.5) is 5.69 Å². The number of nitrogens with zero attached hydrogens (tertiary/aromatic N) is 2. The summed E-state index contributed by atoms with van der Waals surface area (Å²) in [5, 5.41) is 0. The van der Waals surface area contributed by atoms with Crippen LogP contribution in [0.1, 0.15) is 18.4 Å². The number of hydrogen-bond acceptors (Lipinski definition) is 3. The molecular formula is C15H23ClN2OS. The van der Waals surface area contributed by atoms with Crippen molar-refractivity contribution in [2.45, 2.75) is 19.3 Å². The summed E-state index contributed by atoms with van der Waals surface area (Å²) in [6.07, 6.45) is 2.61. The third-order valence-corrected chi connectivity index (χ3v) is 4.38. The number of rotatable bonds is 5. The minimum absolute atomic E-state index is 0. The normalized spacial score (nSPS) is 14.0. The monoisotopic (exact) mass is 314 g/mol. The molecule has 3 nitrogen and oxygen atoms in total. The van der Waals surface area contributed by atoms with Gasteiger partial charge in [-0.2, -0.15) is 0 Å². The number of thioether (sulfide) groups is 1. The molecule has 0 aromatic heterocycles. The van der Waals surface area contributed by atoms with E-state index in [1.54, 1.807) is 0 Å². The van der Waals surface area contributed by atoms with Gasteiger partial charge >= 0.3 is 0 Å². The smallest absolute Gasteiger partial charge is 0.223 e. The second-order valence-electron chi connectivity index (χ2n) is 5.11. The molecule has 2 rings (SSSR count). The van der Waals surface area contributed by atoms with Gasteiger partial charge in [0.2, 0.25) is 5.91 Å². The Balaban J connectivity index is 0.00000200. The van der Waals surface area contributed by atoms with Crippen LogP contribution in [0.3, 0.4) is 0 Å². The van der Waals surface area contributed by atoms with E-state index in [1.807, 2.05) is 30.8 Å². The first-order valence-corrected chi connectivity index (χ1v) is 7.94. The largest absolute Gasteiger partial charge is 0.378 e. The van der Waals surface area contributed by atoms with Crippen LogP contribution in [0.5, 0.6) is 0 Å². The number of amides is 1. The van der Waals surface area contributed by atoms with Gasteiger partial charge in [-0.1, -0.05) is 12.1 Å². The van der Waals surface area contributed by atoms with Crippen LogP contribution in [0.2, 0.25) is 0 Å². The van der Waals surface area contributed by atoms with Crippen molar-refractivity contribution in [2.24, 2.45) is 0 Å². The first-order chi connectivity index (χ1) is 9.16. The van der Waals surface area contributed by atoms with Crippen molar-refractivity contribution >= 4 is 35.8 Å². The lowest BCUT2D eigenvalue weighted by molar-refractivity contribution is -0.129. The molecule has 1 aromatic carbocycles. The molecule has 0 spiro atoms. The quantitative estimate of drug-likeness (QED) is 0.834. The summed E-state index contributed by atoms with van der Waals surface area (Å²) in [5.41, 5.74) is 2.53. The van der Waals surface area contributed by atoms with E-state index in [0.717, 1.165) is 31.0 Å². The molecule has 1 aliphatic heterocycles. The van der Waals surface area contributed by atoms with Crippen LogP contribution in [0, 0.1) is 0 Å². The zero-order valence-electron chi connectivity index (χ0n) is 12.2. The predicted octanol–water partition coefficient (Wildman–Crippen LogP) is 3.03. The fourth-order valence-corrected chi connectivity index (χ4v) is 3.15. The van der Waals surface area contributed by atoms with Gasteiger partial charge in [-0.25, -0.2) is 0 Å². The van der Waals surface area contributed by atoms with Crippen LogP contribution in [0.25, 0.3) is 0 Å². The highest BCUT2D eigenvalue weighted by molar-refractivity contribution is 7.99. The number of anilines is 1. The zero-order valence-corrected chi connectivity index (χ0v) is 13.8. The highest BCUT2D eigenvalue weighted by atomic mass is 35.5. The molecule has 0 atom stereocenters. The highest BCUT2D eigenvalue weighted by Crippen LogP contribution is 2.17. The van der Waals surface area contributed by atoms with E-state index in [2.05, 4.69) is 29.2 Å². The van der Waals surface area contributed by atoms with Gasteiger partial charge in [-0.05, 0) is 30.5 Å². The third kappa shape index (κ3) is 4.91. The van der Waals surface area contributed by atoms with Gasteiger partial charge in [-0.3, -0.25) is 4.79 Å². The number of hydrogen-bond donors (Lipinski definition) is 0. The fraction of sp³-hybridized carbons (Fsp3) is 0.533. The molecule has 0 aliphatic carbocycles. The molecule has 1 amide bonds. The van der Waals surface area contributed by atoms with Crippen LogP contribution in [-0.2, 0) is 11.2 Å². The molecule has 0 N–H and O–H groups in total. The lowest BCUT2D eigenvalue weighted by atomic mass is 10.1. The Bertz CT molecular complexity index is 416. The number of carbonyl (C=O) groups is 1. The lowest BCUT2D eigenvalue weighted by Crippen LogP contribution is -2.27. The SMILES string of the molecule is CN(C)c1ccc(CCCC(=O)N2CCSC2)cc1.Cl. The fourth-order valence-electron chi connectivity index (χ4n) is 2.17. The van der Waals surface area contributed by atoms with Crippen molar-refractivity contribution in [2.75, 3.05) is 37.2 Å². The summed E-state index contributed by atoms with van der Waals surface area (Å²) < 4.78 is 0. The summed E-state index contributed by atoms with van der Waals surface area (Å²) in [4.78, 5) is 16.0. The molecule has 1 saturated heterocycles. The maximum absolute atomic E-state index is 11.9. The predicted molar refractivity (Wildman–Crippen MR) is 90.0 cm³/mol. The topological polar surface area (TPSA) is 23.6 Å². The van der Waals surface area contributed by atoms with E-state index in [1.165, 1.54) is 11.3 Å². The molecule has 1 heterocycles. The van der Waals surface area contributed by atoms with Gasteiger partial charge in [0.1, 0.15) is 0 Å². The summed E-state index contributed by atoms with van der Waals surface area (Å²) in [5.74, 6) is 2.29. The Morgan fingerprint density at radius 1 is 1.30 bits per heavy atom. The van der Waals surface area contributed by atoms with Gasteiger partial charge in [0, 0.05) is 38.5 Å². The second kappa shape index (κ2) is 8.42. The van der Waals surface area contributed by atoms with Crippen molar-refractivity contribution in [1.29, 1.82) is 0 Å². The molecule has 112 valence electrons. The van der Waals surface area contributed by atoms with Crippen LogP contribution in [-0.4, -0.2) is 43.1 Å². The summed E-state index contributed by atoms with van der Waals surface area (Å²) in [6, 6.07) is 8.58. The minimum Gasteiger partial charge on any atom is -0.378 e. The Morgan fingerprint density at radius 3 is 2.55 bits per heavy atom. The number of carbonyl (C=O) groups excluding carboxylic acids is 1. The van der Waals surface area contributed by atoms with Crippen molar-refractivity contribution < 1.29 is 4.79 Å². The van der Waals surface area contributed by atoms with Crippen molar-refractivity contribution in [3.63, 3.8) is 0 Å². The second-order valence-corrected chi connectivity index (χ2v) is 6.18. The Hall–Kier alpha value is -0.870. The summed E-state index contributed by atoms with van der Waals surface area (Å²) in [6.45, 7) is 0.932. The standard InChI is InChI=1S/C15H22N2OS.ClH/c1-16(2)14-8-6-13(7-9-14)4-3-5-15(18)17-10-11-19-12-17;/h6-9H,3-5,10-12H2,1-2H3;1H. The van der Waals surface area contributed by atoms with Gasteiger partial charge < -0.3 is 9.80 Å². The first kappa shape index (κ1) is 17.2. The highest BCUT2D eigenvalue weighted by Gasteiger charge is 2.17. The number of aryl methyl sites for hydroxylation is 1. The van der Waals surface area contributed by atoms with Crippen molar-refractivity contribution in [1.82, 2.24) is 4.90 Å². The van der Waals surface area contributed by atoms with E-state index >= 15 is 0 Å². The number of benzene rings is 1. The third-order valence-electron chi connectivity index (χ3n) is 3.41. The molecule has 1 fully saturated rings.